The van der Waals surface area contributed by atoms with Crippen LogP contribution in [0.3, 0.4) is 0 Å². The van der Waals surface area contributed by atoms with Crippen LogP contribution in [0.1, 0.15) is 18.4 Å². The van der Waals surface area contributed by atoms with Crippen molar-refractivity contribution in [3.8, 4) is 0 Å². The summed E-state index contributed by atoms with van der Waals surface area (Å²) in [5.41, 5.74) is 0.133. The molecule has 6 nitrogen and oxygen atoms in total. The summed E-state index contributed by atoms with van der Waals surface area (Å²) in [7, 11) is -4.29. The number of halogens is 6. The number of nitrogens with zero attached hydrogens (tertiary/aromatic N) is 1. The zero-order valence-electron chi connectivity index (χ0n) is 17.6. The molecule has 34 heavy (non-hydrogen) atoms. The summed E-state index contributed by atoms with van der Waals surface area (Å²) < 4.78 is 104. The highest BCUT2D eigenvalue weighted by Crippen LogP contribution is 2.28. The van der Waals surface area contributed by atoms with Gasteiger partial charge in [0.2, 0.25) is 15.9 Å². The standard InChI is InChI=1S/C21H21F6N3O3S/c22-14-2-4-16(5-3-14)34(32,33)30-12-15(23)10-19(30)20(31)29-11-13-1-6-17(24)18(9-13)28-8-7-21(25,26)27/h1-6,9,15,19,28H,7-8,10-12H2,(H,29,31)/t15-,19+/m1/s1. The van der Waals surface area contributed by atoms with Gasteiger partial charge in [0, 0.05) is 26.1 Å². The highest BCUT2D eigenvalue weighted by molar-refractivity contribution is 7.89. The number of carbonyl (C=O) groups is 1. The molecule has 1 fully saturated rings. The van der Waals surface area contributed by atoms with Gasteiger partial charge < -0.3 is 10.6 Å². The van der Waals surface area contributed by atoms with E-state index >= 15 is 0 Å². The molecule has 0 saturated carbocycles. The van der Waals surface area contributed by atoms with Gasteiger partial charge in [0.15, 0.2) is 0 Å². The Kier molecular flexibility index (Phi) is 7.76. The average Bonchev–Trinajstić information content (AvgIpc) is 3.16. The summed E-state index contributed by atoms with van der Waals surface area (Å²) in [5, 5.41) is 4.79. The van der Waals surface area contributed by atoms with E-state index in [1.165, 1.54) is 12.1 Å². The second kappa shape index (κ2) is 10.2. The molecule has 0 aliphatic carbocycles. The van der Waals surface area contributed by atoms with Crippen LogP contribution in [0, 0.1) is 11.6 Å². The Hall–Kier alpha value is -2.80. The Morgan fingerprint density at radius 2 is 1.76 bits per heavy atom. The van der Waals surface area contributed by atoms with Crippen molar-refractivity contribution in [1.29, 1.82) is 0 Å². The zero-order valence-corrected chi connectivity index (χ0v) is 18.4. The fraction of sp³-hybridized carbons (Fsp3) is 0.381. The van der Waals surface area contributed by atoms with Gasteiger partial charge in [-0.15, -0.1) is 0 Å². The fourth-order valence-corrected chi connectivity index (χ4v) is 5.09. The number of sulfonamides is 1. The Labute approximate surface area is 192 Å². The van der Waals surface area contributed by atoms with E-state index in [0.717, 1.165) is 30.3 Å². The second-order valence-electron chi connectivity index (χ2n) is 7.70. The lowest BCUT2D eigenvalue weighted by Gasteiger charge is -2.23. The lowest BCUT2D eigenvalue weighted by atomic mass is 10.1. The summed E-state index contributed by atoms with van der Waals surface area (Å²) in [5.74, 6) is -2.25. The smallest absolute Gasteiger partial charge is 0.382 e. The summed E-state index contributed by atoms with van der Waals surface area (Å²) in [6.07, 6.45) is -7.57. The normalized spacial score (nSPS) is 19.2. The first-order chi connectivity index (χ1) is 15.9. The molecule has 2 atom stereocenters. The molecule has 2 N–H and O–H groups in total. The van der Waals surface area contributed by atoms with Gasteiger partial charge in [-0.1, -0.05) is 6.07 Å². The van der Waals surface area contributed by atoms with Crippen molar-refractivity contribution in [2.45, 2.75) is 42.7 Å². The Bertz CT molecular complexity index is 1130. The van der Waals surface area contributed by atoms with E-state index in [-0.39, 0.29) is 23.5 Å². The maximum atomic E-state index is 14.1. The minimum absolute atomic E-state index is 0.193. The van der Waals surface area contributed by atoms with Crippen LogP contribution < -0.4 is 10.6 Å². The number of anilines is 1. The molecule has 0 spiro atoms. The molecule has 0 bridgehead atoms. The Morgan fingerprint density at radius 1 is 1.09 bits per heavy atom. The molecule has 3 rings (SSSR count). The van der Waals surface area contributed by atoms with Gasteiger partial charge in [0.05, 0.1) is 17.0 Å². The topological polar surface area (TPSA) is 78.5 Å². The van der Waals surface area contributed by atoms with Crippen molar-refractivity contribution in [3.63, 3.8) is 0 Å². The van der Waals surface area contributed by atoms with Crippen molar-refractivity contribution in [1.82, 2.24) is 9.62 Å². The van der Waals surface area contributed by atoms with E-state index < -0.39 is 65.5 Å². The van der Waals surface area contributed by atoms with Crippen molar-refractivity contribution in [3.05, 3.63) is 59.7 Å². The van der Waals surface area contributed by atoms with E-state index in [9.17, 15) is 39.6 Å². The summed E-state index contributed by atoms with van der Waals surface area (Å²) in [4.78, 5) is 12.4. The van der Waals surface area contributed by atoms with Gasteiger partial charge in [-0.05, 0) is 42.0 Å². The predicted octanol–water partition coefficient (Wildman–Crippen LogP) is 3.75. The van der Waals surface area contributed by atoms with Crippen molar-refractivity contribution >= 4 is 21.6 Å². The van der Waals surface area contributed by atoms with Crippen LogP contribution in [0.2, 0.25) is 0 Å². The van der Waals surface area contributed by atoms with Crippen LogP contribution in [0.25, 0.3) is 0 Å². The average molecular weight is 509 g/mol. The molecule has 0 radical (unpaired) electrons. The van der Waals surface area contributed by atoms with Crippen LogP contribution in [-0.2, 0) is 21.4 Å². The van der Waals surface area contributed by atoms with Crippen molar-refractivity contribution < 1.29 is 39.6 Å². The first kappa shape index (κ1) is 25.8. The van der Waals surface area contributed by atoms with Crippen molar-refractivity contribution in [2.24, 2.45) is 0 Å². The number of benzene rings is 2. The zero-order chi connectivity index (χ0) is 25.1. The van der Waals surface area contributed by atoms with Crippen molar-refractivity contribution in [2.75, 3.05) is 18.4 Å². The molecule has 0 aromatic heterocycles. The number of carbonyl (C=O) groups excluding carboxylic acids is 1. The van der Waals surface area contributed by atoms with Crippen LogP contribution in [0.4, 0.5) is 32.0 Å². The van der Waals surface area contributed by atoms with Gasteiger partial charge in [-0.2, -0.15) is 17.5 Å². The minimum atomic E-state index is -4.41. The van der Waals surface area contributed by atoms with Gasteiger partial charge in [0.25, 0.3) is 0 Å². The van der Waals surface area contributed by atoms with Crippen LogP contribution in [0.15, 0.2) is 47.4 Å². The maximum Gasteiger partial charge on any atom is 0.390 e. The summed E-state index contributed by atoms with van der Waals surface area (Å²) in [6, 6.07) is 6.04. The fourth-order valence-electron chi connectivity index (χ4n) is 3.47. The lowest BCUT2D eigenvalue weighted by Crippen LogP contribution is -2.45. The molecule has 1 amide bonds. The van der Waals surface area contributed by atoms with E-state index in [1.807, 2.05) is 0 Å². The third kappa shape index (κ3) is 6.41. The monoisotopic (exact) mass is 509 g/mol. The third-order valence-corrected chi connectivity index (χ3v) is 7.04. The lowest BCUT2D eigenvalue weighted by molar-refractivity contribution is -0.131. The Balaban J connectivity index is 1.67. The molecular formula is C21H21F6N3O3S. The highest BCUT2D eigenvalue weighted by atomic mass is 32.2. The number of amides is 1. The molecule has 186 valence electrons. The first-order valence-electron chi connectivity index (χ1n) is 10.1. The number of nitrogens with one attached hydrogen (secondary N) is 2. The Morgan fingerprint density at radius 3 is 2.41 bits per heavy atom. The molecule has 0 unspecified atom stereocenters. The molecule has 1 saturated heterocycles. The molecule has 13 heteroatoms. The molecular weight excluding hydrogens is 488 g/mol. The summed E-state index contributed by atoms with van der Waals surface area (Å²) >= 11 is 0. The molecule has 1 heterocycles. The van der Waals surface area contributed by atoms with Gasteiger partial charge >= 0.3 is 6.18 Å². The number of rotatable bonds is 8. The van der Waals surface area contributed by atoms with E-state index in [1.54, 1.807) is 0 Å². The van der Waals surface area contributed by atoms with E-state index in [2.05, 4.69) is 10.6 Å². The first-order valence-corrected chi connectivity index (χ1v) is 11.6. The van der Waals surface area contributed by atoms with Gasteiger partial charge in [-0.3, -0.25) is 4.79 Å². The number of hydrogen-bond donors (Lipinski definition) is 2. The van der Waals surface area contributed by atoms with Gasteiger partial charge in [-0.25, -0.2) is 21.6 Å². The van der Waals surface area contributed by atoms with Gasteiger partial charge in [0.1, 0.15) is 23.8 Å². The third-order valence-electron chi connectivity index (χ3n) is 5.15. The molecule has 2 aromatic rings. The second-order valence-corrected chi connectivity index (χ2v) is 9.59. The van der Waals surface area contributed by atoms with Crippen LogP contribution in [0.5, 0.6) is 0 Å². The van der Waals surface area contributed by atoms with E-state index in [4.69, 9.17) is 0 Å². The van der Waals surface area contributed by atoms with E-state index in [0.29, 0.717) is 9.87 Å². The molecule has 2 aromatic carbocycles. The minimum Gasteiger partial charge on any atom is -0.382 e. The summed E-state index contributed by atoms with van der Waals surface area (Å²) in [6.45, 7) is -1.31. The molecule has 1 aliphatic rings. The highest BCUT2D eigenvalue weighted by Gasteiger charge is 2.44. The molecule has 1 aliphatic heterocycles. The quantitative estimate of drug-likeness (QED) is 0.532. The maximum absolute atomic E-state index is 14.1. The van der Waals surface area contributed by atoms with Crippen LogP contribution >= 0.6 is 0 Å². The SMILES string of the molecule is O=C(NCc1ccc(F)c(NCCC(F)(F)F)c1)[C@@H]1C[C@@H](F)CN1S(=O)(=O)c1ccc(F)cc1. The predicted molar refractivity (Wildman–Crippen MR) is 111 cm³/mol. The number of alkyl halides is 4. The largest absolute Gasteiger partial charge is 0.390 e. The number of hydrogen-bond acceptors (Lipinski definition) is 4. The van der Waals surface area contributed by atoms with Crippen LogP contribution in [-0.4, -0.2) is 50.1 Å².